The summed E-state index contributed by atoms with van der Waals surface area (Å²) in [6, 6.07) is 0. The molecule has 0 nitrogen and oxygen atoms in total. The van der Waals surface area contributed by atoms with Gasteiger partial charge < -0.3 is 0 Å². The van der Waals surface area contributed by atoms with E-state index in [1.54, 1.807) is 0 Å². The van der Waals surface area contributed by atoms with E-state index in [1.165, 1.54) is 392 Å². The predicted molar refractivity (Wildman–Crippen MR) is 302 cm³/mol. The Morgan fingerprint density at radius 1 is 0.154 bits per heavy atom. The second kappa shape index (κ2) is 62.0. The molecular weight excluding hydrogens is 781 g/mol. The largest absolute Gasteiger partial charge is 0.0654 e. The SMILES string of the molecule is CCCCCCCCCCCCCCCCCCCCCCCCCCCCCCCCCCCCCCCCCCCCCCCCCCCCCCCCCCCCCC(C)CC. The lowest BCUT2D eigenvalue weighted by molar-refractivity contribution is 0.468. The van der Waals surface area contributed by atoms with E-state index in [-0.39, 0.29) is 0 Å². The summed E-state index contributed by atoms with van der Waals surface area (Å²) in [7, 11) is 0. The van der Waals surface area contributed by atoms with Crippen molar-refractivity contribution in [3.63, 3.8) is 0 Å². The zero-order chi connectivity index (χ0) is 46.7. The highest BCUT2D eigenvalue weighted by molar-refractivity contribution is 4.56. The van der Waals surface area contributed by atoms with Gasteiger partial charge in [-0.05, 0) is 5.92 Å². The Morgan fingerprint density at radius 3 is 0.369 bits per heavy atom. The van der Waals surface area contributed by atoms with Crippen molar-refractivity contribution in [3.8, 4) is 0 Å². The Kier molecular flexibility index (Phi) is 62.0. The normalized spacial score (nSPS) is 12.2. The molecule has 0 spiro atoms. The lowest BCUT2D eigenvalue weighted by Gasteiger charge is -2.07. The average Bonchev–Trinajstić information content (AvgIpc) is 3.32. The Hall–Kier alpha value is 0. The van der Waals surface area contributed by atoms with Crippen LogP contribution in [0.4, 0.5) is 0 Å². The monoisotopic (exact) mass is 913 g/mol. The van der Waals surface area contributed by atoms with Crippen LogP contribution in [-0.2, 0) is 0 Å². The van der Waals surface area contributed by atoms with Gasteiger partial charge in [0.05, 0.1) is 0 Å². The molecule has 0 saturated heterocycles. The summed E-state index contributed by atoms with van der Waals surface area (Å²) in [6.07, 6.45) is 90.8. The quantitative estimate of drug-likeness (QED) is 0.0534. The third kappa shape index (κ3) is 62.0. The van der Waals surface area contributed by atoms with Crippen LogP contribution in [0.15, 0.2) is 0 Å². The van der Waals surface area contributed by atoms with E-state index < -0.39 is 0 Å². The van der Waals surface area contributed by atoms with Crippen molar-refractivity contribution < 1.29 is 0 Å². The molecule has 0 aliphatic heterocycles. The van der Waals surface area contributed by atoms with Gasteiger partial charge in [0.15, 0.2) is 0 Å². The molecule has 0 aliphatic carbocycles. The van der Waals surface area contributed by atoms with E-state index in [0.717, 1.165) is 5.92 Å². The molecule has 0 aromatic rings. The van der Waals surface area contributed by atoms with Crippen molar-refractivity contribution in [2.75, 3.05) is 0 Å². The molecule has 0 amide bonds. The summed E-state index contributed by atoms with van der Waals surface area (Å²) < 4.78 is 0. The molecule has 0 saturated carbocycles. The van der Waals surface area contributed by atoms with Crippen LogP contribution >= 0.6 is 0 Å². The minimum Gasteiger partial charge on any atom is -0.0654 e. The van der Waals surface area contributed by atoms with Crippen LogP contribution in [0.5, 0.6) is 0 Å². The standard InChI is InChI=1S/C65H132/c1-4-6-7-8-9-10-11-12-13-14-15-16-17-18-19-20-21-22-23-24-25-26-27-28-29-30-31-32-33-34-35-36-37-38-39-40-41-42-43-44-45-46-47-48-49-50-51-52-53-54-55-56-57-58-59-60-61-62-63-64-65(3)5-2/h65H,4-64H2,1-3H3. The maximum absolute atomic E-state index is 2.41. The molecule has 1 unspecified atom stereocenters. The van der Waals surface area contributed by atoms with Crippen molar-refractivity contribution in [1.82, 2.24) is 0 Å². The number of hydrogen-bond donors (Lipinski definition) is 0. The maximum Gasteiger partial charge on any atom is -0.0445 e. The smallest absolute Gasteiger partial charge is 0.0445 e. The number of hydrogen-bond acceptors (Lipinski definition) is 0. The molecule has 0 bridgehead atoms. The van der Waals surface area contributed by atoms with Crippen LogP contribution in [-0.4, -0.2) is 0 Å². The molecule has 0 radical (unpaired) electrons. The summed E-state index contributed by atoms with van der Waals surface area (Å²) in [5.74, 6) is 0.946. The summed E-state index contributed by atoms with van der Waals surface area (Å²) in [5, 5.41) is 0. The predicted octanol–water partition coefficient (Wildman–Crippen LogP) is 25.5. The highest BCUT2D eigenvalue weighted by Gasteiger charge is 2.01. The average molecular weight is 914 g/mol. The first-order valence-corrected chi connectivity index (χ1v) is 32.3. The molecule has 0 aromatic carbocycles. The Labute approximate surface area is 416 Å². The van der Waals surface area contributed by atoms with Crippen LogP contribution in [0.2, 0.25) is 0 Å². The van der Waals surface area contributed by atoms with Crippen molar-refractivity contribution in [2.45, 2.75) is 412 Å². The topological polar surface area (TPSA) is 0 Å². The van der Waals surface area contributed by atoms with Crippen LogP contribution < -0.4 is 0 Å². The van der Waals surface area contributed by atoms with Gasteiger partial charge in [-0.1, -0.05) is 412 Å². The zero-order valence-electron chi connectivity index (χ0n) is 46.7. The molecule has 392 valence electrons. The third-order valence-electron chi connectivity index (χ3n) is 16.0. The second-order valence-electron chi connectivity index (χ2n) is 22.8. The molecule has 0 fully saturated rings. The van der Waals surface area contributed by atoms with Crippen LogP contribution in [0.25, 0.3) is 0 Å². The fourth-order valence-corrected chi connectivity index (χ4v) is 10.8. The minimum absolute atomic E-state index is 0.946. The van der Waals surface area contributed by atoms with Crippen molar-refractivity contribution >= 4 is 0 Å². The molecule has 65 heavy (non-hydrogen) atoms. The Balaban J connectivity index is 3.07. The van der Waals surface area contributed by atoms with Crippen molar-refractivity contribution in [3.05, 3.63) is 0 Å². The molecule has 0 rings (SSSR count). The summed E-state index contributed by atoms with van der Waals surface area (Å²) >= 11 is 0. The molecule has 0 aromatic heterocycles. The fraction of sp³-hybridized carbons (Fsp3) is 1.00. The first-order valence-electron chi connectivity index (χ1n) is 32.3. The van der Waals surface area contributed by atoms with Crippen molar-refractivity contribution in [2.24, 2.45) is 5.92 Å². The van der Waals surface area contributed by atoms with E-state index in [9.17, 15) is 0 Å². The van der Waals surface area contributed by atoms with Crippen LogP contribution in [0.3, 0.4) is 0 Å². The first kappa shape index (κ1) is 65.0. The molecule has 0 N–H and O–H groups in total. The second-order valence-corrected chi connectivity index (χ2v) is 22.8. The molecule has 0 heterocycles. The summed E-state index contributed by atoms with van der Waals surface area (Å²) in [4.78, 5) is 0. The molecule has 0 aliphatic rings. The number of unbranched alkanes of at least 4 members (excludes halogenated alkanes) is 58. The van der Waals surface area contributed by atoms with E-state index in [0.29, 0.717) is 0 Å². The van der Waals surface area contributed by atoms with Crippen molar-refractivity contribution in [1.29, 1.82) is 0 Å². The first-order chi connectivity index (χ1) is 32.3. The van der Waals surface area contributed by atoms with E-state index in [1.807, 2.05) is 0 Å². The van der Waals surface area contributed by atoms with Gasteiger partial charge in [-0.2, -0.15) is 0 Å². The maximum atomic E-state index is 2.41. The summed E-state index contributed by atoms with van der Waals surface area (Å²) in [5.41, 5.74) is 0. The fourth-order valence-electron chi connectivity index (χ4n) is 10.8. The van der Waals surface area contributed by atoms with Gasteiger partial charge in [-0.25, -0.2) is 0 Å². The lowest BCUT2D eigenvalue weighted by Crippen LogP contribution is -1.91. The molecule has 1 atom stereocenters. The summed E-state index contributed by atoms with van der Waals surface area (Å²) in [6.45, 7) is 7.06. The van der Waals surface area contributed by atoms with Gasteiger partial charge in [0.1, 0.15) is 0 Å². The lowest BCUT2D eigenvalue weighted by atomic mass is 9.99. The Morgan fingerprint density at radius 2 is 0.262 bits per heavy atom. The van der Waals surface area contributed by atoms with Gasteiger partial charge in [0.25, 0.3) is 0 Å². The zero-order valence-corrected chi connectivity index (χ0v) is 46.7. The van der Waals surface area contributed by atoms with Gasteiger partial charge in [0, 0.05) is 0 Å². The van der Waals surface area contributed by atoms with E-state index >= 15 is 0 Å². The number of rotatable bonds is 61. The van der Waals surface area contributed by atoms with Gasteiger partial charge in [0.2, 0.25) is 0 Å². The van der Waals surface area contributed by atoms with E-state index in [4.69, 9.17) is 0 Å². The van der Waals surface area contributed by atoms with Crippen LogP contribution in [0.1, 0.15) is 412 Å². The minimum atomic E-state index is 0.946. The highest BCUT2D eigenvalue weighted by Crippen LogP contribution is 2.20. The molecule has 0 heteroatoms. The van der Waals surface area contributed by atoms with Gasteiger partial charge >= 0.3 is 0 Å². The van der Waals surface area contributed by atoms with Gasteiger partial charge in [-0.3, -0.25) is 0 Å². The highest BCUT2D eigenvalue weighted by atomic mass is 14.1. The Bertz CT molecular complexity index is 768. The third-order valence-corrected chi connectivity index (χ3v) is 16.0. The van der Waals surface area contributed by atoms with Crippen LogP contribution in [0, 0.1) is 5.92 Å². The molecular formula is C65H132. The van der Waals surface area contributed by atoms with Gasteiger partial charge in [-0.15, -0.1) is 0 Å². The van der Waals surface area contributed by atoms with E-state index in [2.05, 4.69) is 20.8 Å².